The van der Waals surface area contributed by atoms with Crippen molar-refractivity contribution < 1.29 is 4.74 Å². The second kappa shape index (κ2) is 6.64. The molecule has 0 radical (unpaired) electrons. The van der Waals surface area contributed by atoms with Crippen LogP contribution in [-0.4, -0.2) is 7.11 Å². The van der Waals surface area contributed by atoms with Gasteiger partial charge in [0.2, 0.25) is 0 Å². The van der Waals surface area contributed by atoms with Gasteiger partial charge in [0.05, 0.1) is 7.11 Å². The molecule has 0 heterocycles. The van der Waals surface area contributed by atoms with Crippen LogP contribution in [-0.2, 0) is 12.0 Å². The Morgan fingerprint density at radius 1 is 1.00 bits per heavy atom. The summed E-state index contributed by atoms with van der Waals surface area (Å²) in [5.74, 6) is 0.921. The summed E-state index contributed by atoms with van der Waals surface area (Å²) < 4.78 is 5.52. The fourth-order valence-corrected chi connectivity index (χ4v) is 2.12. The molecule has 0 amide bonds. The first kappa shape index (κ1) is 15.4. The van der Waals surface area contributed by atoms with Crippen molar-refractivity contribution in [3.05, 3.63) is 59.7 Å². The second-order valence-electron chi connectivity index (χ2n) is 6.12. The third-order valence-electron chi connectivity index (χ3n) is 3.44. The summed E-state index contributed by atoms with van der Waals surface area (Å²) in [7, 11) is 1.72. The number of benzene rings is 2. The zero-order valence-corrected chi connectivity index (χ0v) is 13.2. The van der Waals surface area contributed by atoms with Crippen LogP contribution in [0.5, 0.6) is 5.75 Å². The van der Waals surface area contributed by atoms with Crippen LogP contribution in [0.4, 0.5) is 5.69 Å². The van der Waals surface area contributed by atoms with Crippen LogP contribution in [0.3, 0.4) is 0 Å². The maximum Gasteiger partial charge on any atom is 0.123 e. The van der Waals surface area contributed by atoms with Gasteiger partial charge in [-0.2, -0.15) is 0 Å². The van der Waals surface area contributed by atoms with Crippen molar-refractivity contribution >= 4 is 5.69 Å². The third kappa shape index (κ3) is 4.23. The van der Waals surface area contributed by atoms with Gasteiger partial charge in [0.15, 0.2) is 0 Å². The standard InChI is InChI=1S/C18H24N2O/c1-18(2,3)15-11-10-14(17(12-15)21-4)13-19-20-16-8-6-5-7-9-16/h5-12,19-20H,13H2,1-4H3. The van der Waals surface area contributed by atoms with E-state index in [1.807, 2.05) is 30.3 Å². The highest BCUT2D eigenvalue weighted by atomic mass is 16.5. The van der Waals surface area contributed by atoms with Crippen LogP contribution >= 0.6 is 0 Å². The van der Waals surface area contributed by atoms with Crippen molar-refractivity contribution in [3.8, 4) is 5.75 Å². The van der Waals surface area contributed by atoms with Gasteiger partial charge in [0, 0.05) is 17.8 Å². The summed E-state index contributed by atoms with van der Waals surface area (Å²) in [6.45, 7) is 7.31. The fraction of sp³-hybridized carbons (Fsp3) is 0.333. The molecule has 0 aliphatic rings. The van der Waals surface area contributed by atoms with E-state index in [1.165, 1.54) is 5.56 Å². The molecule has 2 aromatic rings. The van der Waals surface area contributed by atoms with E-state index in [1.54, 1.807) is 7.11 Å². The molecule has 0 saturated heterocycles. The van der Waals surface area contributed by atoms with Crippen LogP contribution in [0.2, 0.25) is 0 Å². The quantitative estimate of drug-likeness (QED) is 0.811. The Kier molecular flexibility index (Phi) is 4.86. The molecule has 0 aliphatic carbocycles. The molecule has 2 N–H and O–H groups in total. The minimum Gasteiger partial charge on any atom is -0.496 e. The number of ether oxygens (including phenoxy) is 1. The molecule has 2 aromatic carbocycles. The maximum absolute atomic E-state index is 5.52. The van der Waals surface area contributed by atoms with Gasteiger partial charge in [0.1, 0.15) is 5.75 Å². The molecule has 0 atom stereocenters. The van der Waals surface area contributed by atoms with Gasteiger partial charge >= 0.3 is 0 Å². The van der Waals surface area contributed by atoms with E-state index >= 15 is 0 Å². The molecular formula is C18H24N2O. The van der Waals surface area contributed by atoms with Gasteiger partial charge in [-0.15, -0.1) is 0 Å². The van der Waals surface area contributed by atoms with Crippen LogP contribution < -0.4 is 15.6 Å². The summed E-state index contributed by atoms with van der Waals surface area (Å²) in [5.41, 5.74) is 9.99. The van der Waals surface area contributed by atoms with E-state index in [9.17, 15) is 0 Å². The van der Waals surface area contributed by atoms with Gasteiger partial charge in [0.25, 0.3) is 0 Å². The summed E-state index contributed by atoms with van der Waals surface area (Å²) in [6, 6.07) is 16.5. The smallest absolute Gasteiger partial charge is 0.123 e. The van der Waals surface area contributed by atoms with Crippen molar-refractivity contribution in [2.24, 2.45) is 0 Å². The zero-order chi connectivity index (χ0) is 15.3. The SMILES string of the molecule is COc1cc(C(C)(C)C)ccc1CNNc1ccccc1. The van der Waals surface area contributed by atoms with E-state index in [0.717, 1.165) is 17.0 Å². The molecule has 0 spiro atoms. The highest BCUT2D eigenvalue weighted by molar-refractivity contribution is 5.43. The van der Waals surface area contributed by atoms with E-state index in [-0.39, 0.29) is 5.41 Å². The molecular weight excluding hydrogens is 260 g/mol. The predicted octanol–water partition coefficient (Wildman–Crippen LogP) is 4.11. The van der Waals surface area contributed by atoms with Crippen molar-refractivity contribution in [3.63, 3.8) is 0 Å². The molecule has 3 nitrogen and oxygen atoms in total. The topological polar surface area (TPSA) is 33.3 Å². The van der Waals surface area contributed by atoms with Crippen LogP contribution in [0, 0.1) is 0 Å². The van der Waals surface area contributed by atoms with Crippen molar-refractivity contribution in [2.45, 2.75) is 32.7 Å². The first-order valence-electron chi connectivity index (χ1n) is 7.22. The lowest BCUT2D eigenvalue weighted by Gasteiger charge is -2.21. The number of hydrogen-bond donors (Lipinski definition) is 2. The lowest BCUT2D eigenvalue weighted by Crippen LogP contribution is -2.21. The Labute approximate surface area is 127 Å². The predicted molar refractivity (Wildman–Crippen MR) is 88.6 cm³/mol. The maximum atomic E-state index is 5.52. The highest BCUT2D eigenvalue weighted by Gasteiger charge is 2.15. The Morgan fingerprint density at radius 2 is 1.71 bits per heavy atom. The Balaban J connectivity index is 2.03. The van der Waals surface area contributed by atoms with Crippen molar-refractivity contribution in [2.75, 3.05) is 12.5 Å². The van der Waals surface area contributed by atoms with E-state index in [2.05, 4.69) is 49.8 Å². The molecule has 0 saturated carbocycles. The number of para-hydroxylation sites is 1. The molecule has 0 bridgehead atoms. The molecule has 0 fully saturated rings. The third-order valence-corrected chi connectivity index (χ3v) is 3.44. The number of anilines is 1. The monoisotopic (exact) mass is 284 g/mol. The molecule has 0 aromatic heterocycles. The van der Waals surface area contributed by atoms with E-state index in [4.69, 9.17) is 4.74 Å². The zero-order valence-electron chi connectivity index (χ0n) is 13.2. The Hall–Kier alpha value is -2.00. The first-order chi connectivity index (χ1) is 10.0. The van der Waals surface area contributed by atoms with Crippen LogP contribution in [0.15, 0.2) is 48.5 Å². The second-order valence-corrected chi connectivity index (χ2v) is 6.12. The fourth-order valence-electron chi connectivity index (χ4n) is 2.12. The van der Waals surface area contributed by atoms with Crippen LogP contribution in [0.1, 0.15) is 31.9 Å². The molecule has 21 heavy (non-hydrogen) atoms. The van der Waals surface area contributed by atoms with Crippen LogP contribution in [0.25, 0.3) is 0 Å². The molecule has 0 aliphatic heterocycles. The summed E-state index contributed by atoms with van der Waals surface area (Å²) in [4.78, 5) is 0. The number of methoxy groups -OCH3 is 1. The minimum absolute atomic E-state index is 0.127. The first-order valence-corrected chi connectivity index (χ1v) is 7.22. The molecule has 0 unspecified atom stereocenters. The molecule has 112 valence electrons. The molecule has 3 heteroatoms. The minimum atomic E-state index is 0.127. The summed E-state index contributed by atoms with van der Waals surface area (Å²) in [5, 5.41) is 0. The number of hydrazine groups is 1. The van der Waals surface area contributed by atoms with Crippen molar-refractivity contribution in [1.29, 1.82) is 0 Å². The normalized spacial score (nSPS) is 11.2. The van der Waals surface area contributed by atoms with E-state index < -0.39 is 0 Å². The van der Waals surface area contributed by atoms with Gasteiger partial charge in [-0.1, -0.05) is 51.1 Å². The van der Waals surface area contributed by atoms with Crippen molar-refractivity contribution in [1.82, 2.24) is 5.43 Å². The number of nitrogens with one attached hydrogen (secondary N) is 2. The van der Waals surface area contributed by atoms with Gasteiger partial charge in [-0.3, -0.25) is 0 Å². The van der Waals surface area contributed by atoms with E-state index in [0.29, 0.717) is 6.54 Å². The highest BCUT2D eigenvalue weighted by Crippen LogP contribution is 2.28. The Morgan fingerprint density at radius 3 is 2.33 bits per heavy atom. The number of hydrogen-bond acceptors (Lipinski definition) is 3. The largest absolute Gasteiger partial charge is 0.496 e. The van der Waals surface area contributed by atoms with Gasteiger partial charge in [-0.25, -0.2) is 5.43 Å². The summed E-state index contributed by atoms with van der Waals surface area (Å²) >= 11 is 0. The number of rotatable bonds is 5. The van der Waals surface area contributed by atoms with Gasteiger partial charge in [-0.05, 0) is 29.2 Å². The summed E-state index contributed by atoms with van der Waals surface area (Å²) in [6.07, 6.45) is 0. The van der Waals surface area contributed by atoms with Gasteiger partial charge < -0.3 is 10.2 Å². The lowest BCUT2D eigenvalue weighted by atomic mass is 9.86. The average Bonchev–Trinajstić information content (AvgIpc) is 2.47. The lowest BCUT2D eigenvalue weighted by molar-refractivity contribution is 0.406. The average molecular weight is 284 g/mol. The Bertz CT molecular complexity index is 574. The molecule has 2 rings (SSSR count).